The van der Waals surface area contributed by atoms with Gasteiger partial charge in [-0.25, -0.2) is 18.1 Å². The molecule has 0 bridgehead atoms. The highest BCUT2D eigenvalue weighted by atomic mass is 32.2. The minimum Gasteiger partial charge on any atom is -0.264 e. The molecule has 5 nitrogen and oxygen atoms in total. The molecule has 0 unspecified atom stereocenters. The molecule has 3 rings (SSSR count). The zero-order valence-corrected chi connectivity index (χ0v) is 14.8. The van der Waals surface area contributed by atoms with Gasteiger partial charge in [0.05, 0.1) is 11.4 Å². The average Bonchev–Trinajstić information content (AvgIpc) is 2.95. The molecule has 0 saturated carbocycles. The fraction of sp³-hybridized carbons (Fsp3) is 0.176. The SMILES string of the molecule is Cc1nc(-c2cccnc2)sc1CNS(=O)(=O)Cc1ccccc1. The summed E-state index contributed by atoms with van der Waals surface area (Å²) in [6.07, 6.45) is 3.46. The van der Waals surface area contributed by atoms with Crippen molar-refractivity contribution in [2.24, 2.45) is 0 Å². The summed E-state index contributed by atoms with van der Waals surface area (Å²) in [6, 6.07) is 12.9. The van der Waals surface area contributed by atoms with Crippen LogP contribution in [0, 0.1) is 6.92 Å². The lowest BCUT2D eigenvalue weighted by molar-refractivity contribution is 0.581. The fourth-order valence-electron chi connectivity index (χ4n) is 2.22. The van der Waals surface area contributed by atoms with E-state index in [0.717, 1.165) is 26.7 Å². The molecule has 2 aromatic heterocycles. The summed E-state index contributed by atoms with van der Waals surface area (Å²) in [5.41, 5.74) is 2.53. The van der Waals surface area contributed by atoms with Gasteiger partial charge in [0, 0.05) is 29.4 Å². The van der Waals surface area contributed by atoms with Crippen LogP contribution >= 0.6 is 11.3 Å². The van der Waals surface area contributed by atoms with E-state index in [1.807, 2.05) is 37.3 Å². The normalized spacial score (nSPS) is 11.5. The first-order chi connectivity index (χ1) is 11.5. The molecule has 24 heavy (non-hydrogen) atoms. The van der Waals surface area contributed by atoms with Crippen molar-refractivity contribution in [3.8, 4) is 10.6 Å². The maximum Gasteiger partial charge on any atom is 0.216 e. The molecule has 0 fully saturated rings. The number of nitrogens with one attached hydrogen (secondary N) is 1. The van der Waals surface area contributed by atoms with Crippen molar-refractivity contribution in [2.75, 3.05) is 0 Å². The van der Waals surface area contributed by atoms with E-state index in [0.29, 0.717) is 0 Å². The van der Waals surface area contributed by atoms with Crippen LogP contribution in [0.3, 0.4) is 0 Å². The topological polar surface area (TPSA) is 72.0 Å². The van der Waals surface area contributed by atoms with Gasteiger partial charge < -0.3 is 0 Å². The van der Waals surface area contributed by atoms with E-state index in [4.69, 9.17) is 0 Å². The number of aromatic nitrogens is 2. The Bertz CT molecular complexity index is 908. The number of hydrogen-bond donors (Lipinski definition) is 1. The Morgan fingerprint density at radius 3 is 2.62 bits per heavy atom. The average molecular weight is 359 g/mol. The van der Waals surface area contributed by atoms with Crippen LogP contribution in [0.1, 0.15) is 16.1 Å². The number of aryl methyl sites for hydroxylation is 1. The standard InChI is InChI=1S/C17H17N3O2S2/c1-13-16(23-17(20-13)15-8-5-9-18-10-15)11-19-24(21,22)12-14-6-3-2-4-7-14/h2-10,19H,11-12H2,1H3. The first-order valence-corrected chi connectivity index (χ1v) is 9.88. The summed E-state index contributed by atoms with van der Waals surface area (Å²) < 4.78 is 27.1. The van der Waals surface area contributed by atoms with Crippen molar-refractivity contribution < 1.29 is 8.42 Å². The molecule has 1 N–H and O–H groups in total. The Morgan fingerprint density at radius 2 is 1.92 bits per heavy atom. The fourth-order valence-corrected chi connectivity index (χ4v) is 4.41. The predicted octanol–water partition coefficient (Wildman–Crippen LogP) is 3.13. The van der Waals surface area contributed by atoms with E-state index >= 15 is 0 Å². The van der Waals surface area contributed by atoms with Gasteiger partial charge in [-0.15, -0.1) is 11.3 Å². The maximum atomic E-state index is 12.2. The lowest BCUT2D eigenvalue weighted by atomic mass is 10.2. The Balaban J connectivity index is 1.69. The summed E-state index contributed by atoms with van der Waals surface area (Å²) in [5, 5.41) is 0.845. The molecule has 0 spiro atoms. The zero-order valence-electron chi connectivity index (χ0n) is 13.1. The van der Waals surface area contributed by atoms with Crippen molar-refractivity contribution >= 4 is 21.4 Å². The van der Waals surface area contributed by atoms with Gasteiger partial charge in [-0.3, -0.25) is 4.98 Å². The van der Waals surface area contributed by atoms with Gasteiger partial charge in [-0.2, -0.15) is 0 Å². The molecule has 0 aliphatic rings. The third-order valence-electron chi connectivity index (χ3n) is 3.45. The van der Waals surface area contributed by atoms with Crippen LogP contribution in [0.2, 0.25) is 0 Å². The molecular formula is C17H17N3O2S2. The number of hydrogen-bond acceptors (Lipinski definition) is 5. The van der Waals surface area contributed by atoms with Crippen molar-refractivity contribution in [3.63, 3.8) is 0 Å². The number of thiazole rings is 1. The first-order valence-electron chi connectivity index (χ1n) is 7.41. The summed E-state index contributed by atoms with van der Waals surface area (Å²) in [4.78, 5) is 9.50. The molecule has 0 atom stereocenters. The highest BCUT2D eigenvalue weighted by Gasteiger charge is 2.14. The molecule has 0 aliphatic carbocycles. The van der Waals surface area contributed by atoms with Crippen LogP contribution in [0.4, 0.5) is 0 Å². The van der Waals surface area contributed by atoms with Gasteiger partial charge in [-0.05, 0) is 24.6 Å². The first kappa shape index (κ1) is 16.8. The summed E-state index contributed by atoms with van der Waals surface area (Å²) in [7, 11) is -3.39. The largest absolute Gasteiger partial charge is 0.264 e. The molecule has 1 aromatic carbocycles. The van der Waals surface area contributed by atoms with E-state index in [9.17, 15) is 8.42 Å². The highest BCUT2D eigenvalue weighted by molar-refractivity contribution is 7.88. The van der Waals surface area contributed by atoms with Crippen molar-refractivity contribution in [3.05, 3.63) is 71.0 Å². The Labute approximate surface area is 145 Å². The van der Waals surface area contributed by atoms with Crippen LogP contribution in [0.25, 0.3) is 10.6 Å². The number of benzene rings is 1. The van der Waals surface area contributed by atoms with Gasteiger partial charge in [0.15, 0.2) is 0 Å². The summed E-state index contributed by atoms with van der Waals surface area (Å²) in [6.45, 7) is 2.14. The Morgan fingerprint density at radius 1 is 1.12 bits per heavy atom. The predicted molar refractivity (Wildman–Crippen MR) is 96.0 cm³/mol. The van der Waals surface area contributed by atoms with E-state index in [2.05, 4.69) is 14.7 Å². The molecule has 0 amide bonds. The second-order valence-corrected chi connectivity index (χ2v) is 8.23. The second-order valence-electron chi connectivity index (χ2n) is 5.34. The van der Waals surface area contributed by atoms with E-state index in [-0.39, 0.29) is 12.3 Å². The van der Waals surface area contributed by atoms with Gasteiger partial charge in [0.1, 0.15) is 5.01 Å². The van der Waals surface area contributed by atoms with Gasteiger partial charge in [-0.1, -0.05) is 30.3 Å². The quantitative estimate of drug-likeness (QED) is 0.734. The Kier molecular flexibility index (Phi) is 5.03. The van der Waals surface area contributed by atoms with Crippen molar-refractivity contribution in [1.82, 2.24) is 14.7 Å². The third-order valence-corrected chi connectivity index (χ3v) is 5.96. The van der Waals surface area contributed by atoms with Crippen molar-refractivity contribution in [2.45, 2.75) is 19.2 Å². The van der Waals surface area contributed by atoms with Gasteiger partial charge in [0.25, 0.3) is 0 Å². The monoisotopic (exact) mass is 359 g/mol. The molecule has 3 aromatic rings. The summed E-state index contributed by atoms with van der Waals surface area (Å²) >= 11 is 1.48. The van der Waals surface area contributed by atoms with Gasteiger partial charge >= 0.3 is 0 Å². The maximum absolute atomic E-state index is 12.2. The molecule has 0 saturated heterocycles. The molecule has 0 aliphatic heterocycles. The minimum absolute atomic E-state index is 0.0266. The molecule has 0 radical (unpaired) electrons. The number of nitrogens with zero attached hydrogens (tertiary/aromatic N) is 2. The van der Waals surface area contributed by atoms with Crippen LogP contribution in [-0.2, 0) is 22.3 Å². The van der Waals surface area contributed by atoms with E-state index in [1.165, 1.54) is 11.3 Å². The molecule has 124 valence electrons. The number of rotatable bonds is 6. The van der Waals surface area contributed by atoms with Crippen LogP contribution < -0.4 is 4.72 Å². The minimum atomic E-state index is -3.39. The number of pyridine rings is 1. The van der Waals surface area contributed by atoms with Crippen LogP contribution in [0.5, 0.6) is 0 Å². The molecule has 7 heteroatoms. The van der Waals surface area contributed by atoms with E-state index in [1.54, 1.807) is 24.5 Å². The molecular weight excluding hydrogens is 342 g/mol. The molecule has 2 heterocycles. The van der Waals surface area contributed by atoms with Crippen LogP contribution in [0.15, 0.2) is 54.9 Å². The van der Waals surface area contributed by atoms with Gasteiger partial charge in [0.2, 0.25) is 10.0 Å². The second kappa shape index (κ2) is 7.21. The lowest BCUT2D eigenvalue weighted by Crippen LogP contribution is -2.24. The highest BCUT2D eigenvalue weighted by Crippen LogP contribution is 2.27. The number of sulfonamides is 1. The van der Waals surface area contributed by atoms with E-state index < -0.39 is 10.0 Å². The van der Waals surface area contributed by atoms with Crippen molar-refractivity contribution in [1.29, 1.82) is 0 Å². The zero-order chi connectivity index (χ0) is 17.0. The lowest BCUT2D eigenvalue weighted by Gasteiger charge is -2.06. The third kappa shape index (κ3) is 4.25. The summed E-state index contributed by atoms with van der Waals surface area (Å²) in [5.74, 6) is -0.0266. The smallest absolute Gasteiger partial charge is 0.216 e. The Hall–Kier alpha value is -2.09. The van der Waals surface area contributed by atoms with Crippen LogP contribution in [-0.4, -0.2) is 18.4 Å².